The Morgan fingerprint density at radius 1 is 0.931 bits per heavy atom. The first-order valence-corrected chi connectivity index (χ1v) is 10.2. The zero-order valence-electron chi connectivity index (χ0n) is 15.5. The zero-order chi connectivity index (χ0) is 21.2. The van der Waals surface area contributed by atoms with Gasteiger partial charge in [0, 0.05) is 38.8 Å². The number of carbonyl (C=O) groups is 1. The third-order valence-corrected chi connectivity index (χ3v) is 5.86. The van der Waals surface area contributed by atoms with Gasteiger partial charge in [-0.3, -0.25) is 4.79 Å². The number of rotatable bonds is 4. The second-order valence-electron chi connectivity index (χ2n) is 6.55. The number of nitrogens with zero attached hydrogens (tertiary/aromatic N) is 2. The van der Waals surface area contributed by atoms with Crippen molar-refractivity contribution in [2.45, 2.75) is 18.0 Å². The maximum absolute atomic E-state index is 12.6. The molecule has 0 N–H and O–H groups in total. The fraction of sp³-hybridized carbons (Fsp3) is 0.316. The summed E-state index contributed by atoms with van der Waals surface area (Å²) >= 11 is 0. The minimum absolute atomic E-state index is 0.0295. The highest BCUT2D eigenvalue weighted by Crippen LogP contribution is 2.30. The molecule has 1 amide bonds. The molecule has 1 aliphatic rings. The van der Waals surface area contributed by atoms with Crippen LogP contribution < -0.4 is 9.08 Å². The first-order chi connectivity index (χ1) is 13.6. The van der Waals surface area contributed by atoms with Crippen LogP contribution in [0, 0.1) is 0 Å². The summed E-state index contributed by atoms with van der Waals surface area (Å²) in [5.41, 5.74) is -0.0850. The van der Waals surface area contributed by atoms with Crippen molar-refractivity contribution in [3.05, 3.63) is 54.1 Å². The van der Waals surface area contributed by atoms with E-state index in [-0.39, 0.29) is 16.6 Å². The van der Waals surface area contributed by atoms with Crippen LogP contribution in [0.5, 0.6) is 5.75 Å². The van der Waals surface area contributed by atoms with Crippen molar-refractivity contribution in [1.82, 2.24) is 4.90 Å². The molecule has 2 aromatic carbocycles. The van der Waals surface area contributed by atoms with E-state index >= 15 is 0 Å². The van der Waals surface area contributed by atoms with Crippen LogP contribution in [0.15, 0.2) is 53.4 Å². The molecule has 0 saturated carbocycles. The molecule has 0 atom stereocenters. The lowest BCUT2D eigenvalue weighted by Gasteiger charge is -2.35. The number of amides is 1. The molecule has 1 aliphatic heterocycles. The Morgan fingerprint density at radius 3 is 1.97 bits per heavy atom. The molecule has 0 radical (unpaired) electrons. The molecule has 1 heterocycles. The topological polar surface area (TPSA) is 66.9 Å². The average molecular weight is 428 g/mol. The van der Waals surface area contributed by atoms with Crippen LogP contribution in [0.4, 0.5) is 18.9 Å². The van der Waals surface area contributed by atoms with Crippen molar-refractivity contribution in [2.24, 2.45) is 0 Å². The van der Waals surface area contributed by atoms with Crippen molar-refractivity contribution in [3.8, 4) is 5.75 Å². The van der Waals surface area contributed by atoms with E-state index in [0.717, 1.165) is 17.8 Å². The highest BCUT2D eigenvalue weighted by atomic mass is 32.2. The Labute approximate surface area is 166 Å². The van der Waals surface area contributed by atoms with Gasteiger partial charge in [-0.25, -0.2) is 0 Å². The average Bonchev–Trinajstić information content (AvgIpc) is 2.68. The van der Waals surface area contributed by atoms with E-state index in [1.165, 1.54) is 19.1 Å². The lowest BCUT2D eigenvalue weighted by molar-refractivity contribution is -0.137. The first-order valence-electron chi connectivity index (χ1n) is 8.78. The first kappa shape index (κ1) is 21.0. The third-order valence-electron chi connectivity index (χ3n) is 4.60. The molecule has 0 bridgehead atoms. The second kappa shape index (κ2) is 7.94. The van der Waals surface area contributed by atoms with E-state index < -0.39 is 21.9 Å². The molecule has 10 heteroatoms. The summed E-state index contributed by atoms with van der Waals surface area (Å²) < 4.78 is 67.5. The molecule has 0 unspecified atom stereocenters. The summed E-state index contributed by atoms with van der Waals surface area (Å²) in [5, 5.41) is 0. The summed E-state index contributed by atoms with van der Waals surface area (Å²) in [6, 6.07) is 9.47. The van der Waals surface area contributed by atoms with E-state index in [4.69, 9.17) is 4.18 Å². The monoisotopic (exact) mass is 428 g/mol. The number of halogens is 3. The number of hydrogen-bond donors (Lipinski definition) is 0. The van der Waals surface area contributed by atoms with E-state index in [1.54, 1.807) is 17.0 Å². The molecule has 1 fully saturated rings. The SMILES string of the molecule is CC(=O)N1CCN(c2ccc(OS(=O)(=O)c3ccc(C(F)(F)F)cc3)cc2)CC1. The lowest BCUT2D eigenvalue weighted by Crippen LogP contribution is -2.48. The van der Waals surface area contributed by atoms with E-state index in [0.29, 0.717) is 38.3 Å². The molecule has 29 heavy (non-hydrogen) atoms. The van der Waals surface area contributed by atoms with Crippen LogP contribution >= 0.6 is 0 Å². The highest BCUT2D eigenvalue weighted by molar-refractivity contribution is 7.87. The summed E-state index contributed by atoms with van der Waals surface area (Å²) in [5.74, 6) is 0.0814. The van der Waals surface area contributed by atoms with Crippen molar-refractivity contribution >= 4 is 21.7 Å². The van der Waals surface area contributed by atoms with E-state index in [1.807, 2.05) is 0 Å². The standard InChI is InChI=1S/C19H19F3N2O4S/c1-14(25)23-10-12-24(13-11-23)16-4-6-17(7-5-16)28-29(26,27)18-8-2-15(3-9-18)19(20,21)22/h2-9H,10-13H2,1H3. The normalized spacial score (nSPS) is 15.3. The van der Waals surface area contributed by atoms with Gasteiger partial charge in [0.1, 0.15) is 10.6 Å². The van der Waals surface area contributed by atoms with Crippen molar-refractivity contribution < 1.29 is 30.6 Å². The molecule has 0 aromatic heterocycles. The van der Waals surface area contributed by atoms with Gasteiger partial charge in [0.15, 0.2) is 0 Å². The maximum Gasteiger partial charge on any atom is 0.416 e. The maximum atomic E-state index is 12.6. The smallest absolute Gasteiger partial charge is 0.379 e. The number of carbonyl (C=O) groups excluding carboxylic acids is 1. The number of benzene rings is 2. The predicted molar refractivity (Wildman–Crippen MR) is 100 cm³/mol. The lowest BCUT2D eigenvalue weighted by atomic mass is 10.2. The van der Waals surface area contributed by atoms with Crippen LogP contribution in [0.2, 0.25) is 0 Å². The molecule has 0 aliphatic carbocycles. The molecule has 156 valence electrons. The Bertz CT molecular complexity index is 966. The summed E-state index contributed by atoms with van der Waals surface area (Å²) in [6.45, 7) is 4.05. The quantitative estimate of drug-likeness (QED) is 0.700. The van der Waals surface area contributed by atoms with E-state index in [2.05, 4.69) is 4.90 Å². The molecule has 2 aromatic rings. The van der Waals surface area contributed by atoms with Crippen LogP contribution in [0.25, 0.3) is 0 Å². The number of alkyl halides is 3. The molecule has 0 spiro atoms. The minimum Gasteiger partial charge on any atom is -0.379 e. The Hall–Kier alpha value is -2.75. The van der Waals surface area contributed by atoms with Crippen molar-refractivity contribution in [1.29, 1.82) is 0 Å². The van der Waals surface area contributed by atoms with Gasteiger partial charge in [-0.2, -0.15) is 21.6 Å². The molecule has 1 saturated heterocycles. The Kier molecular flexibility index (Phi) is 5.74. The van der Waals surface area contributed by atoms with Gasteiger partial charge in [-0.15, -0.1) is 0 Å². The van der Waals surface area contributed by atoms with Gasteiger partial charge >= 0.3 is 16.3 Å². The molecule has 6 nitrogen and oxygen atoms in total. The zero-order valence-corrected chi connectivity index (χ0v) is 16.3. The van der Waals surface area contributed by atoms with Crippen molar-refractivity contribution in [3.63, 3.8) is 0 Å². The Balaban J connectivity index is 1.67. The third kappa shape index (κ3) is 5.00. The molecule has 3 rings (SSSR count). The van der Waals surface area contributed by atoms with Crippen LogP contribution in [-0.4, -0.2) is 45.4 Å². The van der Waals surface area contributed by atoms with E-state index in [9.17, 15) is 26.4 Å². The van der Waals surface area contributed by atoms with Crippen LogP contribution in [-0.2, 0) is 21.1 Å². The van der Waals surface area contributed by atoms with Gasteiger partial charge in [-0.05, 0) is 48.5 Å². The largest absolute Gasteiger partial charge is 0.416 e. The highest BCUT2D eigenvalue weighted by Gasteiger charge is 2.31. The fourth-order valence-electron chi connectivity index (χ4n) is 2.98. The van der Waals surface area contributed by atoms with Crippen molar-refractivity contribution in [2.75, 3.05) is 31.1 Å². The fourth-order valence-corrected chi connectivity index (χ4v) is 3.91. The Morgan fingerprint density at radius 2 is 1.48 bits per heavy atom. The second-order valence-corrected chi connectivity index (χ2v) is 8.09. The van der Waals surface area contributed by atoms with Gasteiger partial charge in [0.2, 0.25) is 5.91 Å². The molecular weight excluding hydrogens is 409 g/mol. The minimum atomic E-state index is -4.55. The van der Waals surface area contributed by atoms with Crippen LogP contribution in [0.3, 0.4) is 0 Å². The number of piperazine rings is 1. The predicted octanol–water partition coefficient (Wildman–Crippen LogP) is 3.14. The van der Waals surface area contributed by atoms with Crippen LogP contribution in [0.1, 0.15) is 12.5 Å². The summed E-state index contributed by atoms with van der Waals surface area (Å²) in [4.78, 5) is 14.8. The van der Waals surface area contributed by atoms with Gasteiger partial charge in [-0.1, -0.05) is 0 Å². The summed E-state index contributed by atoms with van der Waals surface area (Å²) in [7, 11) is -4.26. The number of anilines is 1. The van der Waals surface area contributed by atoms with Gasteiger partial charge in [0.05, 0.1) is 5.56 Å². The molecular formula is C19H19F3N2O4S. The summed E-state index contributed by atoms with van der Waals surface area (Å²) in [6.07, 6.45) is -4.55. The van der Waals surface area contributed by atoms with Gasteiger partial charge in [0.25, 0.3) is 0 Å². The van der Waals surface area contributed by atoms with Gasteiger partial charge < -0.3 is 14.0 Å². The number of hydrogen-bond acceptors (Lipinski definition) is 5.